The molecule has 98 valence electrons. The third-order valence-electron chi connectivity index (χ3n) is 1.74. The lowest BCUT2D eigenvalue weighted by Gasteiger charge is -2.08. The average Bonchev–Trinajstić information content (AvgIpc) is 2.25. The Hall–Kier alpha value is -1.01. The smallest absolute Gasteiger partial charge is 0.329 e. The zero-order chi connectivity index (χ0) is 13.7. The van der Waals surface area contributed by atoms with Crippen LogP contribution in [0.1, 0.15) is 0 Å². The van der Waals surface area contributed by atoms with Crippen molar-refractivity contribution in [1.82, 2.24) is 0 Å². The van der Waals surface area contributed by atoms with Gasteiger partial charge in [-0.2, -0.15) is 0 Å². The van der Waals surface area contributed by atoms with Gasteiger partial charge in [0.2, 0.25) is 5.91 Å². The van der Waals surface area contributed by atoms with E-state index in [1.807, 2.05) is 0 Å². The highest BCUT2D eigenvalue weighted by Gasteiger charge is 2.10. The van der Waals surface area contributed by atoms with Crippen LogP contribution >= 0.6 is 34.8 Å². The molecule has 0 fully saturated rings. The number of benzene rings is 1. The topological polar surface area (TPSA) is 75.6 Å². The average molecular weight is 313 g/mol. The van der Waals surface area contributed by atoms with Gasteiger partial charge >= 0.3 is 5.97 Å². The molecule has 1 amide bonds. The van der Waals surface area contributed by atoms with E-state index < -0.39 is 25.1 Å². The molecule has 0 aliphatic carbocycles. The number of hydrogen-bond acceptors (Lipinski definition) is 3. The Balaban J connectivity index is 2.59. The Kier molecular flexibility index (Phi) is 5.68. The zero-order valence-corrected chi connectivity index (χ0v) is 11.1. The molecule has 1 aromatic carbocycles. The van der Waals surface area contributed by atoms with Crippen LogP contribution in [-0.2, 0) is 14.3 Å². The van der Waals surface area contributed by atoms with Crippen molar-refractivity contribution in [3.05, 3.63) is 27.2 Å². The highest BCUT2D eigenvalue weighted by molar-refractivity contribution is 6.44. The molecule has 0 unspecified atom stereocenters. The highest BCUT2D eigenvalue weighted by Crippen LogP contribution is 2.32. The van der Waals surface area contributed by atoms with E-state index in [2.05, 4.69) is 10.1 Å². The summed E-state index contributed by atoms with van der Waals surface area (Å²) in [5.74, 6) is -1.70. The summed E-state index contributed by atoms with van der Waals surface area (Å²) in [6.45, 7) is -0.953. The number of hydrogen-bond donors (Lipinski definition) is 2. The van der Waals surface area contributed by atoms with Crippen molar-refractivity contribution in [3.63, 3.8) is 0 Å². The fourth-order valence-corrected chi connectivity index (χ4v) is 1.63. The first kappa shape index (κ1) is 15.0. The maximum atomic E-state index is 11.4. The quantitative estimate of drug-likeness (QED) is 0.820. The Morgan fingerprint density at radius 2 is 1.72 bits per heavy atom. The maximum absolute atomic E-state index is 11.4. The molecule has 18 heavy (non-hydrogen) atoms. The molecule has 0 bridgehead atoms. The lowest BCUT2D eigenvalue weighted by Crippen LogP contribution is -2.20. The van der Waals surface area contributed by atoms with E-state index in [1.165, 1.54) is 12.1 Å². The molecule has 0 aliphatic heterocycles. The normalized spacial score (nSPS) is 10.2. The summed E-state index contributed by atoms with van der Waals surface area (Å²) in [5.41, 5.74) is 0.273. The molecular formula is C10H8Cl3NO4. The fourth-order valence-electron chi connectivity index (χ4n) is 1.04. The Morgan fingerprint density at radius 3 is 2.33 bits per heavy atom. The number of rotatable bonds is 5. The van der Waals surface area contributed by atoms with E-state index in [4.69, 9.17) is 39.9 Å². The first-order chi connectivity index (χ1) is 8.40. The molecular weight excluding hydrogens is 304 g/mol. The van der Waals surface area contributed by atoms with Crippen molar-refractivity contribution < 1.29 is 19.4 Å². The molecule has 1 rings (SSSR count). The summed E-state index contributed by atoms with van der Waals surface area (Å²) in [5, 5.41) is 11.5. The zero-order valence-electron chi connectivity index (χ0n) is 8.87. The summed E-state index contributed by atoms with van der Waals surface area (Å²) in [6.07, 6.45) is 0. The lowest BCUT2D eigenvalue weighted by atomic mass is 10.3. The first-order valence-corrected chi connectivity index (χ1v) is 5.77. The SMILES string of the molecule is O=C(O)COCC(=O)Nc1cc(Cl)c(Cl)cc1Cl. The van der Waals surface area contributed by atoms with E-state index in [1.54, 1.807) is 0 Å². The monoisotopic (exact) mass is 311 g/mol. The number of carbonyl (C=O) groups excluding carboxylic acids is 1. The number of carbonyl (C=O) groups is 2. The van der Waals surface area contributed by atoms with Crippen LogP contribution in [-0.4, -0.2) is 30.2 Å². The third-order valence-corrected chi connectivity index (χ3v) is 2.78. The van der Waals surface area contributed by atoms with Crippen LogP contribution in [0.4, 0.5) is 5.69 Å². The molecule has 0 aliphatic rings. The number of carboxylic acids is 1. The van der Waals surface area contributed by atoms with E-state index in [-0.39, 0.29) is 20.8 Å². The van der Waals surface area contributed by atoms with Crippen LogP contribution in [0.5, 0.6) is 0 Å². The van der Waals surface area contributed by atoms with Crippen LogP contribution < -0.4 is 5.32 Å². The minimum Gasteiger partial charge on any atom is -0.480 e. The van der Waals surface area contributed by atoms with Gasteiger partial charge in [-0.05, 0) is 12.1 Å². The van der Waals surface area contributed by atoms with Crippen LogP contribution in [0, 0.1) is 0 Å². The minimum atomic E-state index is -1.16. The number of halogens is 3. The number of nitrogens with one attached hydrogen (secondary N) is 1. The maximum Gasteiger partial charge on any atom is 0.329 e. The van der Waals surface area contributed by atoms with Crippen LogP contribution in [0.3, 0.4) is 0 Å². The van der Waals surface area contributed by atoms with Gasteiger partial charge in [0.15, 0.2) is 0 Å². The highest BCUT2D eigenvalue weighted by atomic mass is 35.5. The second-order valence-electron chi connectivity index (χ2n) is 3.18. The van der Waals surface area contributed by atoms with Crippen molar-refractivity contribution in [2.75, 3.05) is 18.5 Å². The van der Waals surface area contributed by atoms with Crippen LogP contribution in [0.2, 0.25) is 15.1 Å². The van der Waals surface area contributed by atoms with Crippen molar-refractivity contribution >= 4 is 52.4 Å². The molecule has 0 saturated carbocycles. The second-order valence-corrected chi connectivity index (χ2v) is 4.40. The largest absolute Gasteiger partial charge is 0.480 e. The summed E-state index contributed by atoms with van der Waals surface area (Å²) in [7, 11) is 0. The van der Waals surface area contributed by atoms with Gasteiger partial charge in [-0.25, -0.2) is 4.79 Å². The standard InChI is InChI=1S/C10H8Cl3NO4/c11-5-1-7(13)8(2-6(5)12)14-9(15)3-18-4-10(16)17/h1-2H,3-4H2,(H,14,15)(H,16,17). The van der Waals surface area contributed by atoms with Crippen molar-refractivity contribution in [3.8, 4) is 0 Å². The number of amides is 1. The molecule has 0 aromatic heterocycles. The second kappa shape index (κ2) is 6.80. The van der Waals surface area contributed by atoms with Crippen molar-refractivity contribution in [2.45, 2.75) is 0 Å². The molecule has 0 saturated heterocycles. The van der Waals surface area contributed by atoms with Crippen molar-refractivity contribution in [1.29, 1.82) is 0 Å². The molecule has 0 spiro atoms. The first-order valence-electron chi connectivity index (χ1n) is 4.64. The van der Waals surface area contributed by atoms with Crippen molar-refractivity contribution in [2.24, 2.45) is 0 Å². The predicted molar refractivity (Wildman–Crippen MR) is 68.6 cm³/mol. The van der Waals surface area contributed by atoms with Crippen LogP contribution in [0.15, 0.2) is 12.1 Å². The lowest BCUT2D eigenvalue weighted by molar-refractivity contribution is -0.143. The van der Waals surface area contributed by atoms with E-state index >= 15 is 0 Å². The molecule has 2 N–H and O–H groups in total. The molecule has 5 nitrogen and oxygen atoms in total. The van der Waals surface area contributed by atoms with Gasteiger partial charge in [0.05, 0.1) is 20.8 Å². The van der Waals surface area contributed by atoms with E-state index in [0.717, 1.165) is 0 Å². The summed E-state index contributed by atoms with van der Waals surface area (Å²) in [6, 6.07) is 2.78. The summed E-state index contributed by atoms with van der Waals surface area (Å²) < 4.78 is 4.61. The van der Waals surface area contributed by atoms with Gasteiger partial charge in [0, 0.05) is 0 Å². The number of ether oxygens (including phenoxy) is 1. The third kappa shape index (κ3) is 4.70. The van der Waals surface area contributed by atoms with Gasteiger partial charge in [-0.1, -0.05) is 34.8 Å². The minimum absolute atomic E-state index is 0.219. The molecule has 8 heteroatoms. The van der Waals surface area contributed by atoms with Gasteiger partial charge < -0.3 is 15.2 Å². The summed E-state index contributed by atoms with van der Waals surface area (Å²) in [4.78, 5) is 21.5. The van der Waals surface area contributed by atoms with Gasteiger partial charge in [-0.15, -0.1) is 0 Å². The number of anilines is 1. The number of carboxylic acid groups (broad SMARTS) is 1. The molecule has 0 radical (unpaired) electrons. The van der Waals surface area contributed by atoms with E-state index in [9.17, 15) is 9.59 Å². The van der Waals surface area contributed by atoms with Crippen LogP contribution in [0.25, 0.3) is 0 Å². The number of aliphatic carboxylic acids is 1. The Morgan fingerprint density at radius 1 is 1.11 bits per heavy atom. The van der Waals surface area contributed by atoms with Gasteiger partial charge in [0.1, 0.15) is 13.2 Å². The van der Waals surface area contributed by atoms with E-state index in [0.29, 0.717) is 0 Å². The van der Waals surface area contributed by atoms with Gasteiger partial charge in [-0.3, -0.25) is 4.79 Å². The Bertz CT molecular complexity index is 478. The fraction of sp³-hybridized carbons (Fsp3) is 0.200. The van der Waals surface area contributed by atoms with Gasteiger partial charge in [0.25, 0.3) is 0 Å². The molecule has 0 atom stereocenters. The predicted octanol–water partition coefficient (Wildman–Crippen LogP) is 2.69. The molecule has 1 aromatic rings. The molecule has 0 heterocycles. The Labute approximate surface area is 118 Å². The summed E-state index contributed by atoms with van der Waals surface area (Å²) >= 11 is 17.3.